The van der Waals surface area contributed by atoms with E-state index in [1.165, 1.54) is 0 Å². The minimum Gasteiger partial charge on any atom is -0.493 e. The Bertz CT molecular complexity index is 775. The van der Waals surface area contributed by atoms with Gasteiger partial charge in [-0.15, -0.1) is 0 Å². The molecule has 156 valence electrons. The largest absolute Gasteiger partial charge is 0.493 e. The van der Waals surface area contributed by atoms with E-state index in [0.717, 1.165) is 29.0 Å². The highest BCUT2D eigenvalue weighted by Gasteiger charge is 2.04. The molecule has 6 heteroatoms. The zero-order valence-electron chi connectivity index (χ0n) is 17.8. The lowest BCUT2D eigenvalue weighted by Crippen LogP contribution is -2.16. The van der Waals surface area contributed by atoms with Gasteiger partial charge in [-0.3, -0.25) is 9.98 Å². The van der Waals surface area contributed by atoms with Crippen molar-refractivity contribution in [2.75, 3.05) is 13.2 Å². The van der Waals surface area contributed by atoms with Crippen LogP contribution in [0.4, 0.5) is 0 Å². The Labute approximate surface area is 173 Å². The third kappa shape index (κ3) is 7.86. The third-order valence-corrected chi connectivity index (χ3v) is 3.88. The van der Waals surface area contributed by atoms with Gasteiger partial charge in [0.25, 0.3) is 0 Å². The molecule has 2 aromatic carbocycles. The summed E-state index contributed by atoms with van der Waals surface area (Å²) in [6.45, 7) is 9.06. The van der Waals surface area contributed by atoms with Gasteiger partial charge in [0.1, 0.15) is 23.2 Å². The summed E-state index contributed by atoms with van der Waals surface area (Å²) in [7, 11) is 0. The minimum absolute atomic E-state index is 0.155. The van der Waals surface area contributed by atoms with Gasteiger partial charge in [-0.1, -0.05) is 24.3 Å². The lowest BCUT2D eigenvalue weighted by atomic mass is 10.2. The summed E-state index contributed by atoms with van der Waals surface area (Å²) < 4.78 is 11.6. The summed E-state index contributed by atoms with van der Waals surface area (Å²) in [5.74, 6) is 2.58. The van der Waals surface area contributed by atoms with E-state index in [9.17, 15) is 0 Å². The summed E-state index contributed by atoms with van der Waals surface area (Å²) in [5, 5.41) is 0. The number of aliphatic imine (C=N–C) groups is 2. The zero-order valence-corrected chi connectivity index (χ0v) is 17.8. The van der Waals surface area contributed by atoms with Gasteiger partial charge >= 0.3 is 0 Å². The predicted molar refractivity (Wildman–Crippen MR) is 120 cm³/mol. The summed E-state index contributed by atoms with van der Waals surface area (Å²) in [4.78, 5) is 8.74. The molecule has 0 aromatic heterocycles. The van der Waals surface area contributed by atoms with E-state index in [2.05, 4.69) is 9.98 Å². The van der Waals surface area contributed by atoms with Gasteiger partial charge in [-0.25, -0.2) is 0 Å². The van der Waals surface area contributed by atoms with Crippen LogP contribution in [0.25, 0.3) is 0 Å². The number of nitrogens with zero attached hydrogens (tertiary/aromatic N) is 2. The van der Waals surface area contributed by atoms with Crippen molar-refractivity contribution in [3.8, 4) is 11.5 Å². The van der Waals surface area contributed by atoms with Crippen molar-refractivity contribution in [3.63, 3.8) is 0 Å². The first-order valence-electron chi connectivity index (χ1n) is 9.98. The van der Waals surface area contributed by atoms with Gasteiger partial charge in [0.2, 0.25) is 0 Å². The van der Waals surface area contributed by atoms with E-state index >= 15 is 0 Å². The summed E-state index contributed by atoms with van der Waals surface area (Å²) in [6.07, 6.45) is 0.750. The molecule has 0 amide bonds. The second-order valence-electron chi connectivity index (χ2n) is 7.32. The topological polar surface area (TPSA) is 95.2 Å². The van der Waals surface area contributed by atoms with Crippen LogP contribution in [0.2, 0.25) is 0 Å². The molecule has 0 bridgehead atoms. The molecule has 0 saturated heterocycles. The Morgan fingerprint density at radius 1 is 0.759 bits per heavy atom. The SMILES string of the molecule is CC(C)N=C(N)c1cccc(OCCCOc2cccc(C(N)=NC(C)C)c2)c1. The average Bonchev–Trinajstić information content (AvgIpc) is 2.67. The van der Waals surface area contributed by atoms with Crippen LogP contribution >= 0.6 is 0 Å². The van der Waals surface area contributed by atoms with Crippen molar-refractivity contribution in [2.24, 2.45) is 21.5 Å². The second kappa shape index (κ2) is 11.1. The van der Waals surface area contributed by atoms with Crippen LogP contribution in [0.1, 0.15) is 45.2 Å². The fraction of sp³-hybridized carbons (Fsp3) is 0.391. The van der Waals surface area contributed by atoms with Crippen LogP contribution in [0, 0.1) is 0 Å². The summed E-state index contributed by atoms with van der Waals surface area (Å²) in [5.41, 5.74) is 13.8. The highest BCUT2D eigenvalue weighted by molar-refractivity contribution is 5.98. The Morgan fingerprint density at radius 3 is 1.55 bits per heavy atom. The molecule has 0 radical (unpaired) electrons. The quantitative estimate of drug-likeness (QED) is 0.363. The van der Waals surface area contributed by atoms with Gasteiger partial charge in [0.15, 0.2) is 0 Å². The van der Waals surface area contributed by atoms with Crippen LogP contribution in [0.15, 0.2) is 58.5 Å². The second-order valence-corrected chi connectivity index (χ2v) is 7.32. The molecule has 2 rings (SSSR count). The third-order valence-electron chi connectivity index (χ3n) is 3.88. The fourth-order valence-electron chi connectivity index (χ4n) is 2.63. The normalized spacial score (nSPS) is 12.5. The van der Waals surface area contributed by atoms with Crippen LogP contribution in [0.5, 0.6) is 11.5 Å². The van der Waals surface area contributed by atoms with Gasteiger partial charge in [-0.2, -0.15) is 0 Å². The first-order valence-corrected chi connectivity index (χ1v) is 9.98. The number of ether oxygens (including phenoxy) is 2. The van der Waals surface area contributed by atoms with E-state index in [1.54, 1.807) is 0 Å². The molecule has 0 aliphatic rings. The molecule has 0 aliphatic carbocycles. The van der Waals surface area contributed by atoms with E-state index in [-0.39, 0.29) is 12.1 Å². The van der Waals surface area contributed by atoms with E-state index in [1.807, 2.05) is 76.2 Å². The number of nitrogens with two attached hydrogens (primary N) is 2. The molecule has 4 N–H and O–H groups in total. The minimum atomic E-state index is 0.155. The van der Waals surface area contributed by atoms with E-state index in [4.69, 9.17) is 20.9 Å². The van der Waals surface area contributed by atoms with E-state index < -0.39 is 0 Å². The number of rotatable bonds is 10. The first kappa shape index (κ1) is 22.3. The summed E-state index contributed by atoms with van der Waals surface area (Å²) in [6, 6.07) is 15.6. The van der Waals surface area contributed by atoms with Crippen molar-refractivity contribution in [1.29, 1.82) is 0 Å². The van der Waals surface area contributed by atoms with Gasteiger partial charge in [0, 0.05) is 29.6 Å². The monoisotopic (exact) mass is 396 g/mol. The maximum absolute atomic E-state index is 6.02. The van der Waals surface area contributed by atoms with Crippen molar-refractivity contribution in [2.45, 2.75) is 46.2 Å². The van der Waals surface area contributed by atoms with Crippen LogP contribution in [-0.4, -0.2) is 37.0 Å². The lowest BCUT2D eigenvalue weighted by molar-refractivity contribution is 0.247. The molecule has 0 saturated carbocycles. The van der Waals surface area contributed by atoms with Crippen LogP contribution < -0.4 is 20.9 Å². The van der Waals surface area contributed by atoms with Gasteiger partial charge in [0.05, 0.1) is 13.2 Å². The Morgan fingerprint density at radius 2 is 1.17 bits per heavy atom. The van der Waals surface area contributed by atoms with Crippen molar-refractivity contribution < 1.29 is 9.47 Å². The number of hydrogen-bond acceptors (Lipinski definition) is 4. The fourth-order valence-corrected chi connectivity index (χ4v) is 2.63. The Balaban J connectivity index is 1.82. The molecule has 2 aromatic rings. The molecule has 0 fully saturated rings. The maximum Gasteiger partial charge on any atom is 0.126 e. The number of benzene rings is 2. The standard InChI is InChI=1S/C23H32N4O2/c1-16(2)26-22(24)18-8-5-10-20(14-18)28-12-7-13-29-21-11-6-9-19(15-21)23(25)27-17(3)4/h5-6,8-11,14-17H,7,12-13H2,1-4H3,(H2,24,26)(H2,25,27). The highest BCUT2D eigenvalue weighted by atomic mass is 16.5. The summed E-state index contributed by atoms with van der Waals surface area (Å²) >= 11 is 0. The maximum atomic E-state index is 6.02. The molecule has 6 nitrogen and oxygen atoms in total. The van der Waals surface area contributed by atoms with Crippen LogP contribution in [0.3, 0.4) is 0 Å². The Hall–Kier alpha value is -3.02. The number of amidine groups is 2. The first-order chi connectivity index (χ1) is 13.8. The van der Waals surface area contributed by atoms with Crippen molar-refractivity contribution >= 4 is 11.7 Å². The van der Waals surface area contributed by atoms with Gasteiger partial charge < -0.3 is 20.9 Å². The average molecular weight is 397 g/mol. The lowest BCUT2D eigenvalue weighted by Gasteiger charge is -2.10. The highest BCUT2D eigenvalue weighted by Crippen LogP contribution is 2.15. The smallest absolute Gasteiger partial charge is 0.126 e. The van der Waals surface area contributed by atoms with Crippen molar-refractivity contribution in [1.82, 2.24) is 0 Å². The molecule has 0 aliphatic heterocycles. The predicted octanol–water partition coefficient (Wildman–Crippen LogP) is 3.76. The van der Waals surface area contributed by atoms with Crippen molar-refractivity contribution in [3.05, 3.63) is 59.7 Å². The van der Waals surface area contributed by atoms with Crippen LogP contribution in [-0.2, 0) is 0 Å². The Kier molecular flexibility index (Phi) is 8.52. The number of hydrogen-bond donors (Lipinski definition) is 2. The molecule has 0 heterocycles. The molecule has 29 heavy (non-hydrogen) atoms. The molecule has 0 atom stereocenters. The molecular weight excluding hydrogens is 364 g/mol. The van der Waals surface area contributed by atoms with E-state index in [0.29, 0.717) is 24.9 Å². The molecule has 0 spiro atoms. The zero-order chi connectivity index (χ0) is 21.2. The van der Waals surface area contributed by atoms with Gasteiger partial charge in [-0.05, 0) is 52.0 Å². The molecule has 0 unspecified atom stereocenters. The molecular formula is C23H32N4O2.